The van der Waals surface area contributed by atoms with Crippen molar-refractivity contribution in [1.82, 2.24) is 0 Å². The highest BCUT2D eigenvalue weighted by Crippen LogP contribution is 2.19. The van der Waals surface area contributed by atoms with Crippen LogP contribution in [0.25, 0.3) is 0 Å². The summed E-state index contributed by atoms with van der Waals surface area (Å²) in [5.41, 5.74) is 1.15. The molecule has 0 spiro atoms. The Balaban J connectivity index is 2.61. The van der Waals surface area contributed by atoms with E-state index in [1.54, 1.807) is 7.11 Å². The number of hydrogen-bond donors (Lipinski definition) is 1. The van der Waals surface area contributed by atoms with Crippen molar-refractivity contribution in [2.75, 3.05) is 12.4 Å². The zero-order chi connectivity index (χ0) is 11.1. The van der Waals surface area contributed by atoms with Gasteiger partial charge in [0.25, 0.3) is 0 Å². The van der Waals surface area contributed by atoms with Crippen molar-refractivity contribution in [3.05, 3.63) is 24.3 Å². The van der Waals surface area contributed by atoms with E-state index in [0.29, 0.717) is 6.04 Å². The van der Waals surface area contributed by atoms with Crippen LogP contribution in [-0.4, -0.2) is 13.2 Å². The summed E-state index contributed by atoms with van der Waals surface area (Å²) in [5, 5.41) is 3.52. The highest BCUT2D eigenvalue weighted by Gasteiger charge is 2.04. The summed E-state index contributed by atoms with van der Waals surface area (Å²) in [5.74, 6) is 0.909. The van der Waals surface area contributed by atoms with Gasteiger partial charge >= 0.3 is 0 Å². The molecule has 0 heterocycles. The van der Waals surface area contributed by atoms with Crippen molar-refractivity contribution in [3.8, 4) is 5.75 Å². The summed E-state index contributed by atoms with van der Waals surface area (Å²) in [4.78, 5) is 0. The fraction of sp³-hybridized carbons (Fsp3) is 0.538. The number of nitrogens with one attached hydrogen (secondary N) is 1. The van der Waals surface area contributed by atoms with E-state index in [1.165, 1.54) is 12.8 Å². The molecule has 2 heteroatoms. The van der Waals surface area contributed by atoms with Crippen molar-refractivity contribution in [2.45, 2.75) is 39.2 Å². The van der Waals surface area contributed by atoms with Gasteiger partial charge in [-0.15, -0.1) is 0 Å². The zero-order valence-electron chi connectivity index (χ0n) is 9.92. The Labute approximate surface area is 92.6 Å². The van der Waals surface area contributed by atoms with Crippen LogP contribution >= 0.6 is 0 Å². The smallest absolute Gasteiger partial charge is 0.120 e. The minimum Gasteiger partial charge on any atom is -0.497 e. The molecule has 1 aromatic rings. The highest BCUT2D eigenvalue weighted by atomic mass is 16.5. The largest absolute Gasteiger partial charge is 0.497 e. The van der Waals surface area contributed by atoms with Crippen molar-refractivity contribution in [1.29, 1.82) is 0 Å². The van der Waals surface area contributed by atoms with E-state index in [1.807, 2.05) is 18.2 Å². The van der Waals surface area contributed by atoms with Gasteiger partial charge in [-0.1, -0.05) is 26.3 Å². The number of anilines is 1. The molecule has 84 valence electrons. The Bertz CT molecular complexity index is 286. The molecule has 1 unspecified atom stereocenters. The normalized spacial score (nSPS) is 12.2. The summed E-state index contributed by atoms with van der Waals surface area (Å²) in [7, 11) is 1.70. The first-order valence-corrected chi connectivity index (χ1v) is 5.70. The van der Waals surface area contributed by atoms with E-state index in [2.05, 4.69) is 25.2 Å². The third-order valence-electron chi connectivity index (χ3n) is 2.57. The minimum absolute atomic E-state index is 0.571. The fourth-order valence-electron chi connectivity index (χ4n) is 1.68. The molecule has 0 aromatic heterocycles. The molecule has 0 radical (unpaired) electrons. The van der Waals surface area contributed by atoms with E-state index >= 15 is 0 Å². The molecule has 2 nitrogen and oxygen atoms in total. The third kappa shape index (κ3) is 3.82. The van der Waals surface area contributed by atoms with Gasteiger partial charge in [0, 0.05) is 17.8 Å². The molecule has 0 bridgehead atoms. The van der Waals surface area contributed by atoms with Gasteiger partial charge in [0.1, 0.15) is 5.75 Å². The van der Waals surface area contributed by atoms with Crippen LogP contribution in [0.2, 0.25) is 0 Å². The minimum atomic E-state index is 0.571. The molecule has 0 aliphatic heterocycles. The molecule has 0 fully saturated rings. The van der Waals surface area contributed by atoms with Gasteiger partial charge in [0.15, 0.2) is 0 Å². The van der Waals surface area contributed by atoms with Gasteiger partial charge in [-0.25, -0.2) is 0 Å². The number of hydrogen-bond acceptors (Lipinski definition) is 2. The van der Waals surface area contributed by atoms with E-state index in [4.69, 9.17) is 4.74 Å². The molecule has 0 aliphatic carbocycles. The zero-order valence-corrected chi connectivity index (χ0v) is 9.92. The first kappa shape index (κ1) is 11.9. The maximum Gasteiger partial charge on any atom is 0.120 e. The Hall–Kier alpha value is -1.18. The van der Waals surface area contributed by atoms with Crippen LogP contribution in [0.5, 0.6) is 5.75 Å². The van der Waals surface area contributed by atoms with E-state index in [0.717, 1.165) is 17.9 Å². The maximum absolute atomic E-state index is 5.19. The van der Waals surface area contributed by atoms with Crippen LogP contribution in [0.15, 0.2) is 24.3 Å². The van der Waals surface area contributed by atoms with Crippen LogP contribution in [0.4, 0.5) is 5.69 Å². The van der Waals surface area contributed by atoms with Gasteiger partial charge in [0.05, 0.1) is 7.11 Å². The molecule has 0 aliphatic rings. The van der Waals surface area contributed by atoms with Gasteiger partial charge in [-0.2, -0.15) is 0 Å². The molecule has 15 heavy (non-hydrogen) atoms. The van der Waals surface area contributed by atoms with Crippen molar-refractivity contribution >= 4 is 5.69 Å². The van der Waals surface area contributed by atoms with E-state index in [9.17, 15) is 0 Å². The second-order valence-corrected chi connectivity index (χ2v) is 3.77. The molecule has 0 saturated carbocycles. The van der Waals surface area contributed by atoms with Crippen molar-refractivity contribution in [3.63, 3.8) is 0 Å². The molecular formula is C13H21NO. The summed E-state index contributed by atoms with van der Waals surface area (Å²) < 4.78 is 5.19. The van der Waals surface area contributed by atoms with Crippen LogP contribution < -0.4 is 10.1 Å². The quantitative estimate of drug-likeness (QED) is 0.768. The van der Waals surface area contributed by atoms with E-state index < -0.39 is 0 Å². The predicted octanol–water partition coefficient (Wildman–Crippen LogP) is 3.69. The summed E-state index contributed by atoms with van der Waals surface area (Å²) in [6, 6.07) is 8.67. The van der Waals surface area contributed by atoms with Crippen LogP contribution in [0.1, 0.15) is 33.1 Å². The number of benzene rings is 1. The predicted molar refractivity (Wildman–Crippen MR) is 65.6 cm³/mol. The molecule has 1 rings (SSSR count). The van der Waals surface area contributed by atoms with Crippen molar-refractivity contribution < 1.29 is 4.74 Å². The molecule has 0 saturated heterocycles. The first-order valence-electron chi connectivity index (χ1n) is 5.70. The van der Waals surface area contributed by atoms with E-state index in [-0.39, 0.29) is 0 Å². The molecular weight excluding hydrogens is 186 g/mol. The standard InChI is InChI=1S/C13H21NO/c1-4-7-11(5-2)14-12-8-6-9-13(10-12)15-3/h6,8-11,14H,4-5,7H2,1-3H3. The summed E-state index contributed by atoms with van der Waals surface area (Å²) in [6.45, 7) is 4.43. The van der Waals surface area contributed by atoms with Gasteiger partial charge in [0.2, 0.25) is 0 Å². The molecule has 0 amide bonds. The Morgan fingerprint density at radius 3 is 2.73 bits per heavy atom. The topological polar surface area (TPSA) is 21.3 Å². The fourth-order valence-corrected chi connectivity index (χ4v) is 1.68. The second-order valence-electron chi connectivity index (χ2n) is 3.77. The Kier molecular flexibility index (Phi) is 5.02. The van der Waals surface area contributed by atoms with Crippen LogP contribution in [0, 0.1) is 0 Å². The average Bonchev–Trinajstić information content (AvgIpc) is 2.29. The number of methoxy groups -OCH3 is 1. The molecule has 1 aromatic carbocycles. The Morgan fingerprint density at radius 1 is 1.33 bits per heavy atom. The molecule has 1 N–H and O–H groups in total. The highest BCUT2D eigenvalue weighted by molar-refractivity contribution is 5.48. The van der Waals surface area contributed by atoms with Gasteiger partial charge in [-0.05, 0) is 25.0 Å². The van der Waals surface area contributed by atoms with Gasteiger partial charge in [-0.3, -0.25) is 0 Å². The molecule has 1 atom stereocenters. The second kappa shape index (κ2) is 6.33. The van der Waals surface area contributed by atoms with Gasteiger partial charge < -0.3 is 10.1 Å². The lowest BCUT2D eigenvalue weighted by Crippen LogP contribution is -2.17. The maximum atomic E-state index is 5.19. The summed E-state index contributed by atoms with van der Waals surface area (Å²) >= 11 is 0. The monoisotopic (exact) mass is 207 g/mol. The first-order chi connectivity index (χ1) is 7.30. The van der Waals surface area contributed by atoms with Crippen molar-refractivity contribution in [2.24, 2.45) is 0 Å². The van der Waals surface area contributed by atoms with Crippen LogP contribution in [-0.2, 0) is 0 Å². The summed E-state index contributed by atoms with van der Waals surface area (Å²) in [6.07, 6.45) is 3.59. The lowest BCUT2D eigenvalue weighted by molar-refractivity contribution is 0.415. The van der Waals surface area contributed by atoms with Crippen LogP contribution in [0.3, 0.4) is 0 Å². The third-order valence-corrected chi connectivity index (χ3v) is 2.57. The number of rotatable bonds is 6. The average molecular weight is 207 g/mol. The lowest BCUT2D eigenvalue weighted by atomic mass is 10.1. The number of ether oxygens (including phenoxy) is 1. The Morgan fingerprint density at radius 2 is 2.13 bits per heavy atom. The lowest BCUT2D eigenvalue weighted by Gasteiger charge is -2.17. The SMILES string of the molecule is CCCC(CC)Nc1cccc(OC)c1.